The van der Waals surface area contributed by atoms with Crippen LogP contribution < -0.4 is 5.63 Å². The topological polar surface area (TPSA) is 60.4 Å². The molecule has 0 aliphatic heterocycles. The minimum Gasteiger partial charge on any atom is -0.451 e. The third kappa shape index (κ3) is 3.17. The van der Waals surface area contributed by atoms with E-state index in [0.29, 0.717) is 34.1 Å². The molecule has 0 aliphatic rings. The smallest absolute Gasteiger partial charge is 0.336 e. The van der Waals surface area contributed by atoms with Crippen LogP contribution in [0, 0.1) is 6.92 Å². The molecule has 0 N–H and O–H groups in total. The summed E-state index contributed by atoms with van der Waals surface area (Å²) in [5.41, 5.74) is 4.16. The lowest BCUT2D eigenvalue weighted by molar-refractivity contribution is 0.101. The van der Waals surface area contributed by atoms with Gasteiger partial charge >= 0.3 is 5.63 Å². The molecule has 156 valence electrons. The molecular formula is C28H20O4. The van der Waals surface area contributed by atoms with E-state index in [2.05, 4.69) is 6.58 Å². The molecule has 0 fully saturated rings. The van der Waals surface area contributed by atoms with Crippen LogP contribution in [0.25, 0.3) is 33.1 Å². The fourth-order valence-electron chi connectivity index (χ4n) is 4.17. The van der Waals surface area contributed by atoms with Gasteiger partial charge in [-0.15, -0.1) is 6.58 Å². The standard InChI is InChI=1S/C28H20O4/c1-3-10-20-16-21-17(2)15-22(29)31-27(21)24-23(18-11-6-4-7-12-18)28(32-26(20)24)25(30)19-13-8-5-9-14-19/h3-9,11-16H,1,10H2,2H3. The lowest BCUT2D eigenvalue weighted by atomic mass is 9.94. The van der Waals surface area contributed by atoms with Gasteiger partial charge in [0, 0.05) is 28.1 Å². The van der Waals surface area contributed by atoms with Crippen molar-refractivity contribution in [3.63, 3.8) is 0 Å². The number of allylic oxidation sites excluding steroid dienone is 1. The van der Waals surface area contributed by atoms with Crippen LogP contribution >= 0.6 is 0 Å². The Hall–Kier alpha value is -4.18. The molecule has 3 aromatic carbocycles. The second kappa shape index (κ2) is 7.82. The molecule has 0 radical (unpaired) electrons. The van der Waals surface area contributed by atoms with Crippen molar-refractivity contribution in [1.82, 2.24) is 0 Å². The average molecular weight is 420 g/mol. The minimum absolute atomic E-state index is 0.222. The van der Waals surface area contributed by atoms with Crippen molar-refractivity contribution in [3.05, 3.63) is 118 Å². The summed E-state index contributed by atoms with van der Waals surface area (Å²) in [7, 11) is 0. The van der Waals surface area contributed by atoms with Crippen LogP contribution in [0.4, 0.5) is 0 Å². The molecule has 2 heterocycles. The van der Waals surface area contributed by atoms with Crippen LogP contribution in [0.5, 0.6) is 0 Å². The Bertz CT molecular complexity index is 1540. The molecule has 2 aromatic heterocycles. The lowest BCUT2D eigenvalue weighted by Gasteiger charge is -2.07. The molecule has 0 unspecified atom stereocenters. The number of aryl methyl sites for hydroxylation is 1. The largest absolute Gasteiger partial charge is 0.451 e. The van der Waals surface area contributed by atoms with Crippen molar-refractivity contribution in [2.45, 2.75) is 13.3 Å². The Balaban J connectivity index is 1.98. The number of hydrogen-bond acceptors (Lipinski definition) is 4. The Morgan fingerprint density at radius 1 is 0.938 bits per heavy atom. The quantitative estimate of drug-likeness (QED) is 0.186. The van der Waals surface area contributed by atoms with E-state index in [9.17, 15) is 9.59 Å². The summed E-state index contributed by atoms with van der Waals surface area (Å²) in [6.45, 7) is 5.74. The fourth-order valence-corrected chi connectivity index (χ4v) is 4.17. The molecule has 32 heavy (non-hydrogen) atoms. The predicted molar refractivity (Wildman–Crippen MR) is 126 cm³/mol. The summed E-state index contributed by atoms with van der Waals surface area (Å²) in [5, 5.41) is 1.44. The van der Waals surface area contributed by atoms with E-state index >= 15 is 0 Å². The van der Waals surface area contributed by atoms with Crippen LogP contribution in [0.1, 0.15) is 27.2 Å². The molecule has 0 saturated heterocycles. The summed E-state index contributed by atoms with van der Waals surface area (Å²) >= 11 is 0. The summed E-state index contributed by atoms with van der Waals surface area (Å²) in [6, 6.07) is 22.0. The van der Waals surface area contributed by atoms with Gasteiger partial charge in [0.1, 0.15) is 11.2 Å². The SMILES string of the molecule is C=CCc1cc2c(C)cc(=O)oc2c2c(-c3ccccc3)c(C(=O)c3ccccc3)oc12. The Kier molecular flexibility index (Phi) is 4.83. The molecule has 5 rings (SSSR count). The Morgan fingerprint density at radius 2 is 1.62 bits per heavy atom. The highest BCUT2D eigenvalue weighted by Gasteiger charge is 2.27. The van der Waals surface area contributed by atoms with Gasteiger partial charge in [0.05, 0.1) is 5.39 Å². The number of furan rings is 1. The van der Waals surface area contributed by atoms with Crippen molar-refractivity contribution in [2.24, 2.45) is 0 Å². The average Bonchev–Trinajstić information content (AvgIpc) is 3.22. The highest BCUT2D eigenvalue weighted by atomic mass is 16.4. The molecule has 0 spiro atoms. The number of carbonyl (C=O) groups is 1. The molecule has 5 aromatic rings. The van der Waals surface area contributed by atoms with Gasteiger partial charge in [0.25, 0.3) is 0 Å². The van der Waals surface area contributed by atoms with Gasteiger partial charge in [0.2, 0.25) is 5.78 Å². The van der Waals surface area contributed by atoms with E-state index in [1.807, 2.05) is 61.5 Å². The molecule has 4 nitrogen and oxygen atoms in total. The van der Waals surface area contributed by atoms with Crippen molar-refractivity contribution < 1.29 is 13.6 Å². The van der Waals surface area contributed by atoms with Crippen LogP contribution in [0.15, 0.2) is 99.1 Å². The van der Waals surface area contributed by atoms with Crippen LogP contribution in [-0.4, -0.2) is 5.78 Å². The zero-order chi connectivity index (χ0) is 22.2. The number of carbonyl (C=O) groups excluding carboxylic acids is 1. The van der Waals surface area contributed by atoms with Gasteiger partial charge in [0.15, 0.2) is 5.76 Å². The van der Waals surface area contributed by atoms with Gasteiger partial charge < -0.3 is 8.83 Å². The Labute approximate surface area is 184 Å². The summed E-state index contributed by atoms with van der Waals surface area (Å²) in [5.74, 6) is -0.00674. The van der Waals surface area contributed by atoms with Gasteiger partial charge in [-0.1, -0.05) is 66.7 Å². The zero-order valence-corrected chi connectivity index (χ0v) is 17.6. The third-order valence-electron chi connectivity index (χ3n) is 5.62. The monoisotopic (exact) mass is 420 g/mol. The van der Waals surface area contributed by atoms with Crippen LogP contribution in [-0.2, 0) is 6.42 Å². The fraction of sp³-hybridized carbons (Fsp3) is 0.0714. The van der Waals surface area contributed by atoms with E-state index in [4.69, 9.17) is 8.83 Å². The van der Waals surface area contributed by atoms with Crippen LogP contribution in [0.3, 0.4) is 0 Å². The lowest BCUT2D eigenvalue weighted by Crippen LogP contribution is -2.01. The Morgan fingerprint density at radius 3 is 2.31 bits per heavy atom. The highest BCUT2D eigenvalue weighted by molar-refractivity contribution is 6.20. The summed E-state index contributed by atoms with van der Waals surface area (Å²) < 4.78 is 12.0. The van der Waals surface area contributed by atoms with Crippen molar-refractivity contribution in [3.8, 4) is 11.1 Å². The number of benzene rings is 3. The molecule has 4 heteroatoms. The van der Waals surface area contributed by atoms with Crippen molar-refractivity contribution >= 4 is 27.7 Å². The van der Waals surface area contributed by atoms with E-state index < -0.39 is 5.63 Å². The minimum atomic E-state index is -0.441. The predicted octanol–water partition coefficient (Wildman–Crippen LogP) is 6.47. The van der Waals surface area contributed by atoms with Gasteiger partial charge in [-0.05, 0) is 30.5 Å². The third-order valence-corrected chi connectivity index (χ3v) is 5.62. The van der Waals surface area contributed by atoms with E-state index in [-0.39, 0.29) is 11.5 Å². The van der Waals surface area contributed by atoms with E-state index in [1.54, 1.807) is 18.2 Å². The molecule has 0 aliphatic carbocycles. The highest BCUT2D eigenvalue weighted by Crippen LogP contribution is 2.42. The van der Waals surface area contributed by atoms with Gasteiger partial charge in [-0.2, -0.15) is 0 Å². The van der Waals surface area contributed by atoms with E-state index in [0.717, 1.165) is 22.1 Å². The normalized spacial score (nSPS) is 11.2. The number of ketones is 1. The zero-order valence-electron chi connectivity index (χ0n) is 17.6. The first-order chi connectivity index (χ1) is 15.6. The first-order valence-corrected chi connectivity index (χ1v) is 10.4. The molecule has 0 amide bonds. The number of hydrogen-bond donors (Lipinski definition) is 0. The molecular weight excluding hydrogens is 400 g/mol. The van der Waals surface area contributed by atoms with Crippen molar-refractivity contribution in [1.29, 1.82) is 0 Å². The summed E-state index contributed by atoms with van der Waals surface area (Å²) in [6.07, 6.45) is 2.34. The van der Waals surface area contributed by atoms with Gasteiger partial charge in [-0.3, -0.25) is 4.79 Å². The number of rotatable bonds is 5. The maximum absolute atomic E-state index is 13.5. The second-order valence-electron chi connectivity index (χ2n) is 7.73. The van der Waals surface area contributed by atoms with Crippen LogP contribution in [0.2, 0.25) is 0 Å². The molecule has 0 bridgehead atoms. The summed E-state index contributed by atoms with van der Waals surface area (Å²) in [4.78, 5) is 25.8. The second-order valence-corrected chi connectivity index (χ2v) is 7.73. The first-order valence-electron chi connectivity index (χ1n) is 10.4. The van der Waals surface area contributed by atoms with E-state index in [1.165, 1.54) is 6.07 Å². The van der Waals surface area contributed by atoms with Gasteiger partial charge in [-0.25, -0.2) is 4.79 Å². The molecule has 0 saturated carbocycles. The maximum atomic E-state index is 13.5. The first kappa shape index (κ1) is 19.8. The molecule has 0 atom stereocenters. The number of fused-ring (bicyclic) bond motifs is 3. The van der Waals surface area contributed by atoms with Crippen molar-refractivity contribution in [2.75, 3.05) is 0 Å². The maximum Gasteiger partial charge on any atom is 0.336 e.